The highest BCUT2D eigenvalue weighted by Gasteiger charge is 2.20. The van der Waals surface area contributed by atoms with Gasteiger partial charge in [0.2, 0.25) is 0 Å². The average Bonchev–Trinajstić information content (AvgIpc) is 3.08. The van der Waals surface area contributed by atoms with Crippen molar-refractivity contribution in [2.75, 3.05) is 0 Å². The molecule has 0 amide bonds. The largest absolute Gasteiger partial charge is 0.366 e. The van der Waals surface area contributed by atoms with Crippen LogP contribution in [0.4, 0.5) is 0 Å². The van der Waals surface area contributed by atoms with Gasteiger partial charge in [-0.2, -0.15) is 0 Å². The summed E-state index contributed by atoms with van der Waals surface area (Å²) in [5.41, 5.74) is 1.15. The van der Waals surface area contributed by atoms with Crippen LogP contribution in [0.5, 0.6) is 0 Å². The van der Waals surface area contributed by atoms with Crippen molar-refractivity contribution in [3.05, 3.63) is 54.6 Å². The molecule has 0 saturated heterocycles. The Morgan fingerprint density at radius 2 is 1.35 bits per heavy atom. The van der Waals surface area contributed by atoms with E-state index in [0.717, 1.165) is 31.5 Å². The topological polar surface area (TPSA) is 57.5 Å². The van der Waals surface area contributed by atoms with E-state index in [1.165, 1.54) is 6.07 Å². The average molecular weight is 322 g/mol. The molecule has 0 atom stereocenters. The van der Waals surface area contributed by atoms with Gasteiger partial charge < -0.3 is 9.79 Å². The van der Waals surface area contributed by atoms with Crippen molar-refractivity contribution in [1.82, 2.24) is 0 Å². The van der Waals surface area contributed by atoms with Gasteiger partial charge in [-0.1, -0.05) is 30.3 Å². The molecule has 3 nitrogen and oxygen atoms in total. The van der Waals surface area contributed by atoms with Gasteiger partial charge in [0.25, 0.3) is 0 Å². The lowest BCUT2D eigenvalue weighted by molar-refractivity contribution is 0.388. The van der Waals surface area contributed by atoms with E-state index in [-0.39, 0.29) is 4.62 Å². The van der Waals surface area contributed by atoms with Gasteiger partial charge in [0, 0.05) is 14.6 Å². The molecule has 20 heavy (non-hydrogen) atoms. The summed E-state index contributed by atoms with van der Waals surface area (Å²) >= 11 is 2.77. The quantitative estimate of drug-likeness (QED) is 0.718. The Hall–Kier alpha value is -1.23. The van der Waals surface area contributed by atoms with Gasteiger partial charge in [0.1, 0.15) is 4.62 Å². The second-order valence-corrected chi connectivity index (χ2v) is 8.25. The first-order valence-corrected chi connectivity index (χ1v) is 9.10. The fourth-order valence-electron chi connectivity index (χ4n) is 1.84. The van der Waals surface area contributed by atoms with Gasteiger partial charge in [0.15, 0.2) is 0 Å². The van der Waals surface area contributed by atoms with Crippen molar-refractivity contribution in [1.29, 1.82) is 0 Å². The minimum absolute atomic E-state index is 0.113. The molecule has 2 heterocycles. The zero-order valence-electron chi connectivity index (χ0n) is 10.3. The lowest BCUT2D eigenvalue weighted by Crippen LogP contribution is -1.94. The highest BCUT2D eigenvalue weighted by atomic mass is 32.1. The van der Waals surface area contributed by atoms with E-state index in [1.807, 2.05) is 42.5 Å². The minimum atomic E-state index is -4.15. The summed E-state index contributed by atoms with van der Waals surface area (Å²) in [4.78, 5) is 21.4. The molecule has 0 unspecified atom stereocenters. The first-order valence-electron chi connectivity index (χ1n) is 5.85. The van der Waals surface area contributed by atoms with E-state index in [9.17, 15) is 4.57 Å². The SMILES string of the molecule is O=P(O)(O)c1ccc(-c2ccc(-c3ccccc3)s2)s1. The second-order valence-electron chi connectivity index (χ2n) is 4.21. The molecule has 0 radical (unpaired) electrons. The van der Waals surface area contributed by atoms with Crippen molar-refractivity contribution in [2.45, 2.75) is 0 Å². The summed E-state index contributed by atoms with van der Waals surface area (Å²) in [6, 6.07) is 17.3. The smallest absolute Gasteiger partial charge is 0.320 e. The van der Waals surface area contributed by atoms with Crippen molar-refractivity contribution < 1.29 is 14.4 Å². The van der Waals surface area contributed by atoms with E-state index in [1.54, 1.807) is 17.4 Å². The molecule has 2 N–H and O–H groups in total. The van der Waals surface area contributed by atoms with E-state index in [2.05, 4.69) is 0 Å². The highest BCUT2D eigenvalue weighted by molar-refractivity contribution is 7.67. The molecule has 3 rings (SSSR count). The number of thiophene rings is 2. The van der Waals surface area contributed by atoms with E-state index < -0.39 is 7.60 Å². The first kappa shape index (κ1) is 13.7. The summed E-state index contributed by atoms with van der Waals surface area (Å²) in [6.45, 7) is 0. The van der Waals surface area contributed by atoms with Gasteiger partial charge in [-0.25, -0.2) is 0 Å². The molecule has 0 fully saturated rings. The molecule has 1 aromatic carbocycles. The zero-order chi connectivity index (χ0) is 14.2. The van der Waals surface area contributed by atoms with Gasteiger partial charge >= 0.3 is 7.60 Å². The van der Waals surface area contributed by atoms with Crippen LogP contribution in [0.25, 0.3) is 20.2 Å². The monoisotopic (exact) mass is 322 g/mol. The predicted octanol–water partition coefficient (Wildman–Crippen LogP) is 3.95. The van der Waals surface area contributed by atoms with Crippen LogP contribution in [-0.4, -0.2) is 9.79 Å². The molecule has 0 aliphatic heterocycles. The molecule has 2 aromatic heterocycles. The lowest BCUT2D eigenvalue weighted by atomic mass is 10.2. The van der Waals surface area contributed by atoms with Crippen LogP contribution >= 0.6 is 30.3 Å². The summed E-state index contributed by atoms with van der Waals surface area (Å²) < 4.78 is 11.3. The maximum atomic E-state index is 11.2. The number of benzene rings is 1. The fourth-order valence-corrected chi connectivity index (χ4v) is 4.73. The van der Waals surface area contributed by atoms with Crippen LogP contribution in [-0.2, 0) is 4.57 Å². The maximum absolute atomic E-state index is 11.2. The normalized spacial score (nSPS) is 11.7. The van der Waals surface area contributed by atoms with Crippen molar-refractivity contribution in [3.8, 4) is 20.2 Å². The Labute approximate surface area is 124 Å². The highest BCUT2D eigenvalue weighted by Crippen LogP contribution is 2.41. The van der Waals surface area contributed by atoms with E-state index >= 15 is 0 Å². The molecule has 102 valence electrons. The molecular formula is C14H11O3PS2. The standard InChI is InChI=1S/C14H11O3PS2/c15-18(16,17)14-9-8-13(20-14)12-7-6-11(19-12)10-4-2-1-3-5-10/h1-9H,(H2,15,16,17). The number of hydrogen-bond acceptors (Lipinski definition) is 3. The third kappa shape index (κ3) is 2.77. The van der Waals surface area contributed by atoms with Crippen molar-refractivity contribution >= 4 is 34.9 Å². The fraction of sp³-hybridized carbons (Fsp3) is 0. The molecule has 0 saturated carbocycles. The first-order chi connectivity index (χ1) is 9.54. The lowest BCUT2D eigenvalue weighted by Gasteiger charge is -1.97. The van der Waals surface area contributed by atoms with Crippen LogP contribution in [0.15, 0.2) is 54.6 Å². The molecule has 6 heteroatoms. The van der Waals surface area contributed by atoms with E-state index in [4.69, 9.17) is 9.79 Å². The van der Waals surface area contributed by atoms with Gasteiger partial charge in [-0.05, 0) is 29.8 Å². The van der Waals surface area contributed by atoms with Crippen LogP contribution in [0.2, 0.25) is 0 Å². The number of hydrogen-bond donors (Lipinski definition) is 2. The Morgan fingerprint density at radius 3 is 2.00 bits per heavy atom. The van der Waals surface area contributed by atoms with Crippen LogP contribution in [0.1, 0.15) is 0 Å². The summed E-state index contributed by atoms with van der Waals surface area (Å²) in [7, 11) is -4.15. The zero-order valence-corrected chi connectivity index (χ0v) is 12.8. The molecule has 0 aliphatic rings. The third-order valence-electron chi connectivity index (χ3n) is 2.79. The van der Waals surface area contributed by atoms with E-state index in [0.29, 0.717) is 0 Å². The van der Waals surface area contributed by atoms with Crippen LogP contribution in [0, 0.1) is 0 Å². The maximum Gasteiger partial charge on any atom is 0.366 e. The van der Waals surface area contributed by atoms with Crippen LogP contribution < -0.4 is 4.62 Å². The third-order valence-corrected chi connectivity index (χ3v) is 6.71. The summed E-state index contributed by atoms with van der Waals surface area (Å²) in [5, 5.41) is 0. The minimum Gasteiger partial charge on any atom is -0.320 e. The second kappa shape index (κ2) is 5.28. The Kier molecular flexibility index (Phi) is 3.63. The van der Waals surface area contributed by atoms with Crippen LogP contribution in [0.3, 0.4) is 0 Å². The summed E-state index contributed by atoms with van der Waals surface area (Å²) in [6.07, 6.45) is 0. The summed E-state index contributed by atoms with van der Waals surface area (Å²) in [5.74, 6) is 0. The predicted molar refractivity (Wildman–Crippen MR) is 84.7 cm³/mol. The Balaban J connectivity index is 1.95. The van der Waals surface area contributed by atoms with Gasteiger partial charge in [-0.3, -0.25) is 4.57 Å². The molecule has 0 bridgehead atoms. The number of rotatable bonds is 3. The molecule has 3 aromatic rings. The van der Waals surface area contributed by atoms with Crippen molar-refractivity contribution in [3.63, 3.8) is 0 Å². The Bertz CT molecular complexity index is 771. The molecule has 0 spiro atoms. The Morgan fingerprint density at radius 1 is 0.750 bits per heavy atom. The molecular weight excluding hydrogens is 311 g/mol. The van der Waals surface area contributed by atoms with Gasteiger partial charge in [-0.15, -0.1) is 22.7 Å². The van der Waals surface area contributed by atoms with Crippen molar-refractivity contribution in [2.24, 2.45) is 0 Å². The molecule has 0 aliphatic carbocycles. The van der Waals surface area contributed by atoms with Gasteiger partial charge in [0.05, 0.1) is 0 Å².